The molecule has 0 heterocycles. The van der Waals surface area contributed by atoms with Crippen LogP contribution in [0.1, 0.15) is 105 Å². The van der Waals surface area contributed by atoms with Crippen molar-refractivity contribution in [2.45, 2.75) is 105 Å². The molecule has 0 amide bonds. The average Bonchev–Trinajstić information content (AvgIpc) is 2.54. The minimum atomic E-state index is 0.997. The average molecular weight is 301 g/mol. The molecule has 0 spiro atoms. The Morgan fingerprint density at radius 3 is 1.95 bits per heavy atom. The first-order chi connectivity index (χ1) is 10.8. The first kappa shape index (κ1) is 20.9. The quantitative estimate of drug-likeness (QED) is 0.299. The summed E-state index contributed by atoms with van der Waals surface area (Å²) in [5.74, 6) is 13.4. The Bertz CT molecular complexity index is 403. The molecule has 0 aliphatic heterocycles. The maximum absolute atomic E-state index is 3.41. The Kier molecular flexibility index (Phi) is 15.4. The van der Waals surface area contributed by atoms with Gasteiger partial charge in [-0.3, -0.25) is 0 Å². The zero-order valence-electron chi connectivity index (χ0n) is 15.5. The summed E-state index contributed by atoms with van der Waals surface area (Å²) in [5.41, 5.74) is 2.88. The van der Waals surface area contributed by atoms with Crippen LogP contribution >= 0.6 is 0 Å². The second kappa shape index (κ2) is 16.2. The lowest BCUT2D eigenvalue weighted by Gasteiger charge is -2.06. The summed E-state index contributed by atoms with van der Waals surface area (Å²) in [6, 6.07) is 0. The van der Waals surface area contributed by atoms with Gasteiger partial charge in [-0.2, -0.15) is 0 Å². The Hall–Kier alpha value is -1.14. The van der Waals surface area contributed by atoms with Crippen LogP contribution in [0.25, 0.3) is 0 Å². The summed E-state index contributed by atoms with van der Waals surface area (Å²) in [6.07, 6.45) is 14.1. The summed E-state index contributed by atoms with van der Waals surface area (Å²) >= 11 is 0. The van der Waals surface area contributed by atoms with Crippen LogP contribution in [-0.4, -0.2) is 0 Å². The molecule has 0 saturated heterocycles. The van der Waals surface area contributed by atoms with E-state index >= 15 is 0 Å². The normalized spacial score (nSPS) is 11.1. The molecule has 0 heteroatoms. The number of unbranched alkanes of at least 4 members (excludes halogenated alkanes) is 6. The molecule has 0 rings (SSSR count). The SMILES string of the molecule is CCCCC#C/C(CC)=C(/CC)CCC#CCCCCCC. The highest BCUT2D eigenvalue weighted by molar-refractivity contribution is 5.33. The van der Waals surface area contributed by atoms with Crippen molar-refractivity contribution >= 4 is 0 Å². The van der Waals surface area contributed by atoms with Crippen molar-refractivity contribution in [3.05, 3.63) is 11.1 Å². The first-order valence-corrected chi connectivity index (χ1v) is 9.45. The van der Waals surface area contributed by atoms with E-state index in [0.717, 1.165) is 38.5 Å². The number of rotatable bonds is 10. The number of hydrogen-bond acceptors (Lipinski definition) is 0. The lowest BCUT2D eigenvalue weighted by Crippen LogP contribution is -1.89. The zero-order chi connectivity index (χ0) is 16.5. The molecule has 0 radical (unpaired) electrons. The van der Waals surface area contributed by atoms with E-state index in [2.05, 4.69) is 51.4 Å². The summed E-state index contributed by atoms with van der Waals surface area (Å²) in [5, 5.41) is 0. The highest BCUT2D eigenvalue weighted by Gasteiger charge is 2.00. The van der Waals surface area contributed by atoms with Crippen LogP contribution in [0.4, 0.5) is 0 Å². The molecule has 0 saturated carbocycles. The smallest absolute Gasteiger partial charge is 0.0126 e. The van der Waals surface area contributed by atoms with Gasteiger partial charge in [0.1, 0.15) is 0 Å². The molecule has 0 aliphatic rings. The van der Waals surface area contributed by atoms with Gasteiger partial charge >= 0.3 is 0 Å². The predicted octanol–water partition coefficient (Wildman–Crippen LogP) is 7.05. The molecule has 0 fully saturated rings. The molecule has 0 unspecified atom stereocenters. The van der Waals surface area contributed by atoms with E-state index in [4.69, 9.17) is 0 Å². The Balaban J connectivity index is 4.27. The van der Waals surface area contributed by atoms with Crippen LogP contribution in [0.15, 0.2) is 11.1 Å². The van der Waals surface area contributed by atoms with Gasteiger partial charge in [0.05, 0.1) is 0 Å². The van der Waals surface area contributed by atoms with Crippen molar-refractivity contribution in [2.75, 3.05) is 0 Å². The van der Waals surface area contributed by atoms with Gasteiger partial charge in [0, 0.05) is 24.8 Å². The van der Waals surface area contributed by atoms with Gasteiger partial charge in [0.25, 0.3) is 0 Å². The monoisotopic (exact) mass is 300 g/mol. The zero-order valence-corrected chi connectivity index (χ0v) is 15.5. The van der Waals surface area contributed by atoms with Crippen LogP contribution in [0.5, 0.6) is 0 Å². The molecule has 0 atom stereocenters. The fourth-order valence-electron chi connectivity index (χ4n) is 2.43. The van der Waals surface area contributed by atoms with Crippen molar-refractivity contribution in [1.82, 2.24) is 0 Å². The lowest BCUT2D eigenvalue weighted by molar-refractivity contribution is 0.679. The van der Waals surface area contributed by atoms with E-state index < -0.39 is 0 Å². The van der Waals surface area contributed by atoms with Crippen molar-refractivity contribution in [3.8, 4) is 23.7 Å². The molecule has 124 valence electrons. The highest BCUT2D eigenvalue weighted by atomic mass is 14.0. The molecule has 0 N–H and O–H groups in total. The minimum Gasteiger partial charge on any atom is -0.103 e. The van der Waals surface area contributed by atoms with Gasteiger partial charge in [0.2, 0.25) is 0 Å². The van der Waals surface area contributed by atoms with Crippen molar-refractivity contribution in [3.63, 3.8) is 0 Å². The van der Waals surface area contributed by atoms with Gasteiger partial charge in [-0.25, -0.2) is 0 Å². The van der Waals surface area contributed by atoms with Crippen LogP contribution in [0.3, 0.4) is 0 Å². The second-order valence-electron chi connectivity index (χ2n) is 5.86. The molecular weight excluding hydrogens is 264 g/mol. The van der Waals surface area contributed by atoms with Gasteiger partial charge in [0.15, 0.2) is 0 Å². The first-order valence-electron chi connectivity index (χ1n) is 9.45. The minimum absolute atomic E-state index is 0.997. The Morgan fingerprint density at radius 1 is 0.636 bits per heavy atom. The van der Waals surface area contributed by atoms with Crippen LogP contribution in [0, 0.1) is 23.7 Å². The summed E-state index contributed by atoms with van der Waals surface area (Å²) in [4.78, 5) is 0. The second-order valence-corrected chi connectivity index (χ2v) is 5.86. The van der Waals surface area contributed by atoms with E-state index in [9.17, 15) is 0 Å². The molecule has 0 nitrogen and oxygen atoms in total. The third kappa shape index (κ3) is 11.5. The fourth-order valence-corrected chi connectivity index (χ4v) is 2.43. The number of hydrogen-bond donors (Lipinski definition) is 0. The third-order valence-electron chi connectivity index (χ3n) is 3.93. The third-order valence-corrected chi connectivity index (χ3v) is 3.93. The summed E-state index contributed by atoms with van der Waals surface area (Å²) in [6.45, 7) is 8.94. The van der Waals surface area contributed by atoms with Crippen molar-refractivity contribution in [1.29, 1.82) is 0 Å². The van der Waals surface area contributed by atoms with Crippen LogP contribution in [-0.2, 0) is 0 Å². The molecular formula is C22H36. The van der Waals surface area contributed by atoms with Crippen molar-refractivity contribution < 1.29 is 0 Å². The topological polar surface area (TPSA) is 0 Å². The summed E-state index contributed by atoms with van der Waals surface area (Å²) < 4.78 is 0. The highest BCUT2D eigenvalue weighted by Crippen LogP contribution is 2.17. The standard InChI is InChI=1S/C22H36/c1-5-9-11-13-14-15-16-18-20-22(8-4)21(7-3)19-17-12-10-6-2/h5-14,18,20H2,1-4H3/b22-21-. The van der Waals surface area contributed by atoms with E-state index in [-0.39, 0.29) is 0 Å². The Morgan fingerprint density at radius 2 is 1.32 bits per heavy atom. The molecule has 0 aromatic rings. The lowest BCUT2D eigenvalue weighted by atomic mass is 9.99. The molecule has 0 bridgehead atoms. The largest absolute Gasteiger partial charge is 0.103 e. The fraction of sp³-hybridized carbons (Fsp3) is 0.727. The van der Waals surface area contributed by atoms with Gasteiger partial charge in [-0.1, -0.05) is 70.8 Å². The molecule has 0 aromatic carbocycles. The predicted molar refractivity (Wildman–Crippen MR) is 101 cm³/mol. The van der Waals surface area contributed by atoms with Crippen LogP contribution < -0.4 is 0 Å². The van der Waals surface area contributed by atoms with Gasteiger partial charge < -0.3 is 0 Å². The summed E-state index contributed by atoms with van der Waals surface area (Å²) in [7, 11) is 0. The van der Waals surface area contributed by atoms with E-state index in [0.29, 0.717) is 0 Å². The molecule has 22 heavy (non-hydrogen) atoms. The van der Waals surface area contributed by atoms with E-state index in [1.54, 1.807) is 0 Å². The van der Waals surface area contributed by atoms with Gasteiger partial charge in [-0.05, 0) is 32.1 Å². The number of allylic oxidation sites excluding steroid dienone is 2. The van der Waals surface area contributed by atoms with Crippen molar-refractivity contribution in [2.24, 2.45) is 0 Å². The van der Waals surface area contributed by atoms with E-state index in [1.165, 1.54) is 49.7 Å². The molecule has 0 aliphatic carbocycles. The van der Waals surface area contributed by atoms with Crippen LogP contribution in [0.2, 0.25) is 0 Å². The Labute approximate surface area is 140 Å². The molecule has 0 aromatic heterocycles. The van der Waals surface area contributed by atoms with E-state index in [1.807, 2.05) is 0 Å². The maximum Gasteiger partial charge on any atom is 0.0126 e. The maximum atomic E-state index is 3.41. The van der Waals surface area contributed by atoms with Gasteiger partial charge in [-0.15, -0.1) is 11.8 Å².